The van der Waals surface area contributed by atoms with Crippen LogP contribution in [-0.4, -0.2) is 25.9 Å². The van der Waals surface area contributed by atoms with E-state index in [4.69, 9.17) is 0 Å². The molecule has 80 valence electrons. The van der Waals surface area contributed by atoms with Gasteiger partial charge >= 0.3 is 0 Å². The average molecular weight is 261 g/mol. The van der Waals surface area contributed by atoms with Crippen LogP contribution in [-0.2, 0) is 13.6 Å². The predicted molar refractivity (Wildman–Crippen MR) is 60.3 cm³/mol. The Balaban J connectivity index is 2.26. The summed E-state index contributed by atoms with van der Waals surface area (Å²) < 4.78 is 1.72. The summed E-state index contributed by atoms with van der Waals surface area (Å²) in [6.45, 7) is 5.11. The number of hydrogen-bond donors (Lipinski definition) is 1. The lowest BCUT2D eigenvalue weighted by Gasteiger charge is -2.13. The molecule has 0 fully saturated rings. The van der Waals surface area contributed by atoms with Gasteiger partial charge in [-0.25, -0.2) is 0 Å². The predicted octanol–water partition coefficient (Wildman–Crippen LogP) is 1.47. The molecule has 0 aliphatic carbocycles. The van der Waals surface area contributed by atoms with Gasteiger partial charge in [-0.1, -0.05) is 28.1 Å². The summed E-state index contributed by atoms with van der Waals surface area (Å²) in [5.41, 5.74) is 0.988. The molecule has 2 unspecified atom stereocenters. The van der Waals surface area contributed by atoms with Gasteiger partial charge in [0.1, 0.15) is 0 Å². The Bertz CT molecular complexity index is 272. The third kappa shape index (κ3) is 4.19. The van der Waals surface area contributed by atoms with E-state index in [1.54, 1.807) is 4.68 Å². The molecule has 4 nitrogen and oxygen atoms in total. The molecular formula is C9H17BrN4. The highest BCUT2D eigenvalue weighted by Crippen LogP contribution is 2.06. The highest BCUT2D eigenvalue weighted by atomic mass is 79.9. The third-order valence-corrected chi connectivity index (χ3v) is 2.33. The van der Waals surface area contributed by atoms with Gasteiger partial charge < -0.3 is 5.32 Å². The summed E-state index contributed by atoms with van der Waals surface area (Å²) in [7, 11) is 1.88. The highest BCUT2D eigenvalue weighted by Gasteiger charge is 2.06. The van der Waals surface area contributed by atoms with Crippen molar-refractivity contribution in [3.8, 4) is 0 Å². The van der Waals surface area contributed by atoms with Gasteiger partial charge in [0.15, 0.2) is 0 Å². The highest BCUT2D eigenvalue weighted by molar-refractivity contribution is 9.09. The molecule has 5 heteroatoms. The molecule has 0 aliphatic heterocycles. The number of nitrogens with one attached hydrogen (secondary N) is 1. The number of alkyl halides is 1. The Hall–Kier alpha value is -0.420. The lowest BCUT2D eigenvalue weighted by atomic mass is 10.2. The number of aryl methyl sites for hydroxylation is 1. The largest absolute Gasteiger partial charge is 0.308 e. The molecule has 1 aromatic heterocycles. The summed E-state index contributed by atoms with van der Waals surface area (Å²) in [5.74, 6) is 0. The zero-order valence-electron chi connectivity index (χ0n) is 8.87. The molecule has 0 spiro atoms. The summed E-state index contributed by atoms with van der Waals surface area (Å²) >= 11 is 3.53. The SMILES string of the molecule is CC(Br)CC(C)NCc1cn(C)nn1. The smallest absolute Gasteiger partial charge is 0.0964 e. The molecule has 1 heterocycles. The van der Waals surface area contributed by atoms with Crippen molar-refractivity contribution in [1.82, 2.24) is 20.3 Å². The minimum Gasteiger partial charge on any atom is -0.308 e. The van der Waals surface area contributed by atoms with Gasteiger partial charge in [0.25, 0.3) is 0 Å². The van der Waals surface area contributed by atoms with Crippen LogP contribution >= 0.6 is 15.9 Å². The van der Waals surface area contributed by atoms with Crippen LogP contribution in [0.1, 0.15) is 26.0 Å². The monoisotopic (exact) mass is 260 g/mol. The van der Waals surface area contributed by atoms with E-state index in [0.29, 0.717) is 10.9 Å². The van der Waals surface area contributed by atoms with Gasteiger partial charge in [-0.15, -0.1) is 5.10 Å². The van der Waals surface area contributed by atoms with Crippen molar-refractivity contribution >= 4 is 15.9 Å². The molecule has 0 saturated carbocycles. The van der Waals surface area contributed by atoms with Crippen molar-refractivity contribution in [3.05, 3.63) is 11.9 Å². The first-order valence-corrected chi connectivity index (χ1v) is 5.72. The lowest BCUT2D eigenvalue weighted by Crippen LogP contribution is -2.27. The van der Waals surface area contributed by atoms with Crippen molar-refractivity contribution in [1.29, 1.82) is 0 Å². The van der Waals surface area contributed by atoms with Crippen LogP contribution in [0.4, 0.5) is 0 Å². The number of hydrogen-bond acceptors (Lipinski definition) is 3. The average Bonchev–Trinajstić information content (AvgIpc) is 2.47. The molecule has 0 amide bonds. The van der Waals surface area contributed by atoms with Gasteiger partial charge in [-0.2, -0.15) is 0 Å². The Morgan fingerprint density at radius 1 is 1.57 bits per heavy atom. The summed E-state index contributed by atoms with van der Waals surface area (Å²) in [6, 6.07) is 0.492. The van der Waals surface area contributed by atoms with Crippen molar-refractivity contribution in [2.45, 2.75) is 37.7 Å². The zero-order chi connectivity index (χ0) is 10.6. The summed E-state index contributed by atoms with van der Waals surface area (Å²) in [6.07, 6.45) is 3.04. The molecule has 0 saturated heterocycles. The first kappa shape index (κ1) is 11.7. The van der Waals surface area contributed by atoms with Gasteiger partial charge in [0.05, 0.1) is 5.69 Å². The van der Waals surface area contributed by atoms with Crippen LogP contribution in [0.3, 0.4) is 0 Å². The van der Waals surface area contributed by atoms with E-state index < -0.39 is 0 Å². The van der Waals surface area contributed by atoms with E-state index in [-0.39, 0.29) is 0 Å². The second-order valence-corrected chi connectivity index (χ2v) is 5.25. The van der Waals surface area contributed by atoms with Gasteiger partial charge in [0.2, 0.25) is 0 Å². The van der Waals surface area contributed by atoms with Crippen LogP contribution in [0, 0.1) is 0 Å². The second kappa shape index (κ2) is 5.46. The Morgan fingerprint density at radius 3 is 2.79 bits per heavy atom. The van der Waals surface area contributed by atoms with E-state index in [1.807, 2.05) is 13.2 Å². The standard InChI is InChI=1S/C9H17BrN4/c1-7(10)4-8(2)11-5-9-6-14(3)13-12-9/h6-8,11H,4-5H2,1-3H3. The van der Waals surface area contributed by atoms with Crippen LogP contribution < -0.4 is 5.32 Å². The Kier molecular flexibility index (Phi) is 4.54. The van der Waals surface area contributed by atoms with Crippen molar-refractivity contribution < 1.29 is 0 Å². The van der Waals surface area contributed by atoms with Crippen LogP contribution in [0.5, 0.6) is 0 Å². The summed E-state index contributed by atoms with van der Waals surface area (Å²) in [4.78, 5) is 0.548. The summed E-state index contributed by atoms with van der Waals surface area (Å²) in [5, 5.41) is 11.3. The maximum atomic E-state index is 4.01. The molecule has 0 bridgehead atoms. The topological polar surface area (TPSA) is 42.7 Å². The van der Waals surface area contributed by atoms with Gasteiger partial charge in [-0.3, -0.25) is 4.68 Å². The maximum absolute atomic E-state index is 4.01. The van der Waals surface area contributed by atoms with E-state index in [2.05, 4.69) is 45.4 Å². The fourth-order valence-corrected chi connectivity index (χ4v) is 1.89. The molecular weight excluding hydrogens is 244 g/mol. The second-order valence-electron chi connectivity index (χ2n) is 3.68. The fraction of sp³-hybridized carbons (Fsp3) is 0.778. The van der Waals surface area contributed by atoms with E-state index in [9.17, 15) is 0 Å². The molecule has 14 heavy (non-hydrogen) atoms. The van der Waals surface area contributed by atoms with E-state index in [0.717, 1.165) is 18.7 Å². The quantitative estimate of drug-likeness (QED) is 0.816. The van der Waals surface area contributed by atoms with E-state index >= 15 is 0 Å². The molecule has 0 aromatic carbocycles. The third-order valence-electron chi connectivity index (χ3n) is 1.96. The lowest BCUT2D eigenvalue weighted by molar-refractivity contribution is 0.511. The molecule has 1 aromatic rings. The number of nitrogens with zero attached hydrogens (tertiary/aromatic N) is 3. The molecule has 2 atom stereocenters. The fourth-order valence-electron chi connectivity index (χ4n) is 1.33. The van der Waals surface area contributed by atoms with Crippen molar-refractivity contribution in [2.75, 3.05) is 0 Å². The van der Waals surface area contributed by atoms with Crippen LogP contribution in [0.2, 0.25) is 0 Å². The first-order chi connectivity index (χ1) is 6.58. The number of rotatable bonds is 5. The minimum atomic E-state index is 0.492. The Morgan fingerprint density at radius 2 is 2.29 bits per heavy atom. The number of halogens is 1. The van der Waals surface area contributed by atoms with Crippen LogP contribution in [0.15, 0.2) is 6.20 Å². The normalized spacial score (nSPS) is 15.4. The molecule has 0 aliphatic rings. The minimum absolute atomic E-state index is 0.492. The van der Waals surface area contributed by atoms with Gasteiger partial charge in [0, 0.05) is 30.7 Å². The Labute approximate surface area is 93.2 Å². The van der Waals surface area contributed by atoms with Crippen molar-refractivity contribution in [3.63, 3.8) is 0 Å². The molecule has 1 N–H and O–H groups in total. The molecule has 0 radical (unpaired) electrons. The first-order valence-electron chi connectivity index (χ1n) is 4.80. The molecule has 1 rings (SSSR count). The van der Waals surface area contributed by atoms with E-state index in [1.165, 1.54) is 0 Å². The van der Waals surface area contributed by atoms with Gasteiger partial charge in [-0.05, 0) is 13.3 Å². The maximum Gasteiger partial charge on any atom is 0.0964 e. The van der Waals surface area contributed by atoms with Crippen molar-refractivity contribution in [2.24, 2.45) is 7.05 Å². The zero-order valence-corrected chi connectivity index (χ0v) is 10.5. The van der Waals surface area contributed by atoms with Crippen LogP contribution in [0.25, 0.3) is 0 Å². The number of aromatic nitrogens is 3.